The van der Waals surface area contributed by atoms with E-state index in [4.69, 9.17) is 0 Å². The van der Waals surface area contributed by atoms with Crippen LogP contribution < -0.4 is 5.32 Å². The van der Waals surface area contributed by atoms with E-state index >= 15 is 0 Å². The van der Waals surface area contributed by atoms with E-state index in [-0.39, 0.29) is 17.1 Å². The van der Waals surface area contributed by atoms with E-state index in [1.165, 1.54) is 0 Å². The molecule has 2 rings (SSSR count). The van der Waals surface area contributed by atoms with Gasteiger partial charge < -0.3 is 9.88 Å². The molecule has 1 aromatic rings. The Morgan fingerprint density at radius 1 is 1.44 bits per heavy atom. The molecule has 1 aromatic heterocycles. The van der Waals surface area contributed by atoms with Gasteiger partial charge >= 0.3 is 0 Å². The highest BCUT2D eigenvalue weighted by Gasteiger charge is 2.34. The molecular formula is C14H20N2O2. The summed E-state index contributed by atoms with van der Waals surface area (Å²) in [4.78, 5) is 23.7. The molecule has 0 atom stereocenters. The van der Waals surface area contributed by atoms with Crippen LogP contribution in [-0.2, 0) is 17.8 Å². The van der Waals surface area contributed by atoms with Crippen molar-refractivity contribution in [1.82, 2.24) is 9.88 Å². The number of nitrogens with one attached hydrogen (secondary N) is 1. The number of carbonyl (C=O) groups is 2. The zero-order valence-electron chi connectivity index (χ0n) is 11.5. The quantitative estimate of drug-likeness (QED) is 0.866. The number of ketones is 1. The molecule has 0 bridgehead atoms. The number of Topliss-reactive ketones (excluding diaryl/α,β-unsaturated/α-hetero) is 1. The number of hydrogen-bond acceptors (Lipinski definition) is 2. The van der Waals surface area contributed by atoms with Gasteiger partial charge in [-0.1, -0.05) is 13.8 Å². The number of fused-ring (bicyclic) bond motifs is 1. The Morgan fingerprint density at radius 2 is 2.11 bits per heavy atom. The monoisotopic (exact) mass is 248 g/mol. The fourth-order valence-corrected chi connectivity index (χ4v) is 2.65. The molecule has 1 aliphatic carbocycles. The number of rotatable bonds is 2. The molecule has 0 saturated heterocycles. The predicted octanol–water partition coefficient (Wildman–Crippen LogP) is 1.70. The van der Waals surface area contributed by atoms with E-state index in [9.17, 15) is 9.59 Å². The first-order valence-corrected chi connectivity index (χ1v) is 6.27. The van der Waals surface area contributed by atoms with E-state index in [0.29, 0.717) is 13.0 Å². The molecule has 0 saturated carbocycles. The minimum absolute atomic E-state index is 0.0185. The first-order valence-electron chi connectivity index (χ1n) is 6.27. The van der Waals surface area contributed by atoms with Crippen molar-refractivity contribution < 1.29 is 9.59 Å². The highest BCUT2D eigenvalue weighted by molar-refractivity contribution is 5.99. The van der Waals surface area contributed by atoms with Crippen LogP contribution in [0.3, 0.4) is 0 Å². The molecule has 0 fully saturated rings. The van der Waals surface area contributed by atoms with Gasteiger partial charge in [0.05, 0.1) is 0 Å². The number of aromatic nitrogens is 1. The highest BCUT2D eigenvalue weighted by Crippen LogP contribution is 2.36. The number of carbonyl (C=O) groups excluding carboxylic acids is 2. The topological polar surface area (TPSA) is 51.1 Å². The fraction of sp³-hybridized carbons (Fsp3) is 0.571. The first kappa shape index (κ1) is 12.9. The summed E-state index contributed by atoms with van der Waals surface area (Å²) >= 11 is 0. The average Bonchev–Trinajstić information content (AvgIpc) is 2.55. The Morgan fingerprint density at radius 3 is 2.72 bits per heavy atom. The van der Waals surface area contributed by atoms with E-state index in [0.717, 1.165) is 23.4 Å². The van der Waals surface area contributed by atoms with Crippen LogP contribution >= 0.6 is 0 Å². The fourth-order valence-electron chi connectivity index (χ4n) is 2.65. The Kier molecular flexibility index (Phi) is 3.05. The van der Waals surface area contributed by atoms with Crippen LogP contribution in [0.15, 0.2) is 6.07 Å². The molecule has 1 heterocycles. The second-order valence-electron chi connectivity index (χ2n) is 5.85. The molecule has 0 aliphatic heterocycles. The molecule has 0 spiro atoms. The molecule has 98 valence electrons. The number of aryl methyl sites for hydroxylation is 1. The van der Waals surface area contributed by atoms with Gasteiger partial charge in [0.25, 0.3) is 0 Å². The Balaban J connectivity index is 2.44. The van der Waals surface area contributed by atoms with Gasteiger partial charge in [-0.15, -0.1) is 0 Å². The summed E-state index contributed by atoms with van der Waals surface area (Å²) in [6.07, 6.45) is 1.43. The average molecular weight is 248 g/mol. The zero-order valence-corrected chi connectivity index (χ0v) is 11.5. The summed E-state index contributed by atoms with van der Waals surface area (Å²) in [5.74, 6) is 0.160. The second-order valence-corrected chi connectivity index (χ2v) is 5.85. The van der Waals surface area contributed by atoms with Crippen molar-refractivity contribution in [3.05, 3.63) is 23.0 Å². The number of likely N-dealkylation sites (N-methyl/N-ethyl adjacent to an activating group) is 1. The first-order chi connectivity index (χ1) is 8.34. The lowest BCUT2D eigenvalue weighted by atomic mass is 9.76. The number of amides is 1. The molecule has 0 radical (unpaired) electrons. The summed E-state index contributed by atoms with van der Waals surface area (Å²) in [6.45, 7) is 6.43. The van der Waals surface area contributed by atoms with Crippen molar-refractivity contribution in [2.24, 2.45) is 5.41 Å². The van der Waals surface area contributed by atoms with Crippen molar-refractivity contribution in [2.45, 2.75) is 40.2 Å². The summed E-state index contributed by atoms with van der Waals surface area (Å²) in [7, 11) is 1.63. The molecule has 4 nitrogen and oxygen atoms in total. The molecule has 1 amide bonds. The third kappa shape index (κ3) is 2.19. The SMILES string of the molecule is CNC(=O)Cn1c(C)cc2c1CC(C)(C)CC2=O. The Bertz CT molecular complexity index is 512. The van der Waals surface area contributed by atoms with Crippen molar-refractivity contribution in [3.63, 3.8) is 0 Å². The molecule has 0 aromatic carbocycles. The minimum atomic E-state index is -0.0349. The van der Waals surface area contributed by atoms with Crippen molar-refractivity contribution in [3.8, 4) is 0 Å². The largest absolute Gasteiger partial charge is 0.358 e. The van der Waals surface area contributed by atoms with Crippen LogP contribution in [0.4, 0.5) is 0 Å². The third-order valence-electron chi connectivity index (χ3n) is 3.58. The molecule has 18 heavy (non-hydrogen) atoms. The lowest BCUT2D eigenvalue weighted by Gasteiger charge is -2.29. The van der Waals surface area contributed by atoms with Crippen LogP contribution in [0.1, 0.15) is 42.0 Å². The maximum atomic E-state index is 12.1. The van der Waals surface area contributed by atoms with Crippen LogP contribution in [0, 0.1) is 12.3 Å². The standard InChI is InChI=1S/C14H20N2O2/c1-9-5-10-11(16(9)8-13(18)15-4)6-14(2,3)7-12(10)17/h5H,6-8H2,1-4H3,(H,15,18). The van der Waals surface area contributed by atoms with Gasteiger partial charge in [0.1, 0.15) is 6.54 Å². The van der Waals surface area contributed by atoms with Crippen LogP contribution in [0.25, 0.3) is 0 Å². The second kappa shape index (κ2) is 4.26. The Hall–Kier alpha value is -1.58. The third-order valence-corrected chi connectivity index (χ3v) is 3.58. The molecule has 1 N–H and O–H groups in total. The summed E-state index contributed by atoms with van der Waals surface area (Å²) in [5.41, 5.74) is 2.78. The van der Waals surface area contributed by atoms with Gasteiger partial charge in [-0.3, -0.25) is 9.59 Å². The number of nitrogens with zero attached hydrogens (tertiary/aromatic N) is 1. The Labute approximate surface area is 107 Å². The van der Waals surface area contributed by atoms with Crippen molar-refractivity contribution >= 4 is 11.7 Å². The molecule has 0 unspecified atom stereocenters. The highest BCUT2D eigenvalue weighted by atomic mass is 16.2. The molecule has 1 aliphatic rings. The van der Waals surface area contributed by atoms with Crippen LogP contribution in [0.5, 0.6) is 0 Å². The van der Waals surface area contributed by atoms with Gasteiger partial charge in [0, 0.05) is 30.4 Å². The summed E-state index contributed by atoms with van der Waals surface area (Å²) < 4.78 is 1.97. The predicted molar refractivity (Wildman–Crippen MR) is 69.7 cm³/mol. The van der Waals surface area contributed by atoms with Crippen molar-refractivity contribution in [2.75, 3.05) is 7.05 Å². The summed E-state index contributed by atoms with van der Waals surface area (Å²) in [6, 6.07) is 1.91. The van der Waals surface area contributed by atoms with E-state index in [1.807, 2.05) is 17.6 Å². The lowest BCUT2D eigenvalue weighted by Crippen LogP contribution is -2.30. The van der Waals surface area contributed by atoms with E-state index in [2.05, 4.69) is 19.2 Å². The van der Waals surface area contributed by atoms with Gasteiger partial charge in [0.2, 0.25) is 5.91 Å². The van der Waals surface area contributed by atoms with Crippen LogP contribution in [0.2, 0.25) is 0 Å². The number of hydrogen-bond donors (Lipinski definition) is 1. The minimum Gasteiger partial charge on any atom is -0.358 e. The van der Waals surface area contributed by atoms with Gasteiger partial charge in [0.15, 0.2) is 5.78 Å². The maximum Gasteiger partial charge on any atom is 0.239 e. The lowest BCUT2D eigenvalue weighted by molar-refractivity contribution is -0.121. The summed E-state index contributed by atoms with van der Waals surface area (Å²) in [5, 5.41) is 2.62. The van der Waals surface area contributed by atoms with E-state index in [1.54, 1.807) is 7.05 Å². The van der Waals surface area contributed by atoms with Gasteiger partial charge in [-0.05, 0) is 24.8 Å². The normalized spacial score (nSPS) is 17.4. The molecule has 4 heteroatoms. The smallest absolute Gasteiger partial charge is 0.239 e. The molecular weight excluding hydrogens is 228 g/mol. The maximum absolute atomic E-state index is 12.1. The van der Waals surface area contributed by atoms with Crippen LogP contribution in [-0.4, -0.2) is 23.3 Å². The zero-order chi connectivity index (χ0) is 13.5. The van der Waals surface area contributed by atoms with Crippen molar-refractivity contribution in [1.29, 1.82) is 0 Å². The van der Waals surface area contributed by atoms with Gasteiger partial charge in [-0.2, -0.15) is 0 Å². The van der Waals surface area contributed by atoms with Gasteiger partial charge in [-0.25, -0.2) is 0 Å². The van der Waals surface area contributed by atoms with E-state index < -0.39 is 0 Å².